The van der Waals surface area contributed by atoms with E-state index in [1.54, 1.807) is 24.4 Å². The second-order valence-corrected chi connectivity index (χ2v) is 4.27. The first-order valence-corrected chi connectivity index (χ1v) is 5.81. The number of nitrogens with two attached hydrogens (primary N) is 1. The lowest BCUT2D eigenvalue weighted by Gasteiger charge is -2.13. The average molecular weight is 258 g/mol. The maximum absolute atomic E-state index is 10.7. The van der Waals surface area contributed by atoms with Crippen molar-refractivity contribution in [2.75, 3.05) is 5.73 Å². The van der Waals surface area contributed by atoms with Crippen molar-refractivity contribution in [1.29, 1.82) is 0 Å². The Morgan fingerprint density at radius 2 is 2.16 bits per heavy atom. The molecule has 6 nitrogen and oxygen atoms in total. The van der Waals surface area contributed by atoms with Crippen LogP contribution in [0, 0.1) is 4.91 Å². The molecule has 2 N–H and O–H groups in total. The van der Waals surface area contributed by atoms with Crippen molar-refractivity contribution in [1.82, 2.24) is 9.97 Å². The highest BCUT2D eigenvalue weighted by atomic mass is 16.5. The van der Waals surface area contributed by atoms with E-state index in [4.69, 9.17) is 10.5 Å². The highest BCUT2D eigenvalue weighted by Gasteiger charge is 2.11. The fraction of sp³-hybridized carbons (Fsp3) is 0.231. The average Bonchev–Trinajstić information content (AvgIpc) is 2.39. The van der Waals surface area contributed by atoms with Crippen molar-refractivity contribution in [2.24, 2.45) is 5.18 Å². The molecule has 0 aliphatic rings. The van der Waals surface area contributed by atoms with Crippen molar-refractivity contribution >= 4 is 11.4 Å². The van der Waals surface area contributed by atoms with Crippen LogP contribution in [0.15, 0.2) is 35.9 Å². The third-order valence-corrected chi connectivity index (χ3v) is 2.44. The Bertz CT molecular complexity index is 599. The first-order valence-electron chi connectivity index (χ1n) is 5.81. The Kier molecular flexibility index (Phi) is 3.70. The molecule has 0 fully saturated rings. The molecule has 0 saturated carbocycles. The molecule has 1 aromatic carbocycles. The third kappa shape index (κ3) is 2.85. The Morgan fingerprint density at radius 3 is 2.84 bits per heavy atom. The van der Waals surface area contributed by atoms with E-state index in [1.165, 1.54) is 6.33 Å². The van der Waals surface area contributed by atoms with Gasteiger partial charge in [-0.05, 0) is 31.2 Å². The molecule has 6 heteroatoms. The molecule has 0 spiro atoms. The lowest BCUT2D eigenvalue weighted by molar-refractivity contribution is 0.241. The van der Waals surface area contributed by atoms with Crippen molar-refractivity contribution in [3.05, 3.63) is 35.6 Å². The van der Waals surface area contributed by atoms with Crippen molar-refractivity contribution in [3.63, 3.8) is 0 Å². The van der Waals surface area contributed by atoms with Gasteiger partial charge < -0.3 is 10.5 Å². The number of benzene rings is 1. The molecule has 0 saturated heterocycles. The van der Waals surface area contributed by atoms with Gasteiger partial charge in [-0.3, -0.25) is 0 Å². The molecule has 19 heavy (non-hydrogen) atoms. The van der Waals surface area contributed by atoms with E-state index >= 15 is 0 Å². The third-order valence-electron chi connectivity index (χ3n) is 2.44. The first-order chi connectivity index (χ1) is 9.11. The fourth-order valence-electron chi connectivity index (χ4n) is 1.64. The maximum Gasteiger partial charge on any atom is 0.164 e. The molecule has 1 aromatic heterocycles. The maximum atomic E-state index is 10.7. The molecule has 0 unspecified atom stereocenters. The van der Waals surface area contributed by atoms with E-state index in [0.717, 1.165) is 0 Å². The van der Waals surface area contributed by atoms with Crippen LogP contribution in [0.1, 0.15) is 13.8 Å². The summed E-state index contributed by atoms with van der Waals surface area (Å²) in [7, 11) is 0. The minimum Gasteiger partial charge on any atom is -0.487 e. The number of nitrogen functional groups attached to an aromatic ring is 1. The molecular weight excluding hydrogens is 244 g/mol. The van der Waals surface area contributed by atoms with Crippen molar-refractivity contribution < 1.29 is 4.74 Å². The Morgan fingerprint density at radius 1 is 1.37 bits per heavy atom. The molecule has 0 atom stereocenters. The van der Waals surface area contributed by atoms with Crippen LogP contribution < -0.4 is 10.5 Å². The minimum atomic E-state index is 0.00204. The van der Waals surface area contributed by atoms with Crippen molar-refractivity contribution in [2.45, 2.75) is 20.0 Å². The van der Waals surface area contributed by atoms with Gasteiger partial charge in [-0.15, -0.1) is 4.91 Å². The molecule has 0 bridgehead atoms. The zero-order valence-corrected chi connectivity index (χ0v) is 10.7. The molecule has 2 aromatic rings. The van der Waals surface area contributed by atoms with E-state index in [9.17, 15) is 4.91 Å². The zero-order chi connectivity index (χ0) is 13.8. The normalized spacial score (nSPS) is 10.5. The summed E-state index contributed by atoms with van der Waals surface area (Å²) in [6.07, 6.45) is 3.02. The van der Waals surface area contributed by atoms with Crippen LogP contribution in [-0.4, -0.2) is 16.1 Å². The highest BCUT2D eigenvalue weighted by molar-refractivity contribution is 5.74. The summed E-state index contributed by atoms with van der Waals surface area (Å²) in [6, 6.07) is 4.96. The van der Waals surface area contributed by atoms with Gasteiger partial charge in [-0.2, -0.15) is 0 Å². The lowest BCUT2D eigenvalue weighted by atomic mass is 10.1. The monoisotopic (exact) mass is 258 g/mol. The summed E-state index contributed by atoms with van der Waals surface area (Å²) < 4.78 is 5.64. The number of nitroso groups, excluding NO2 is 1. The van der Waals surface area contributed by atoms with Gasteiger partial charge in [0, 0.05) is 5.56 Å². The van der Waals surface area contributed by atoms with E-state index in [1.807, 2.05) is 13.8 Å². The quantitative estimate of drug-likeness (QED) is 0.672. The standard InChI is InChI=1S/C13H14N4O2/c1-8(2)19-12-6-15-7-16-13(12)9-3-4-10(14)11(5-9)17-18/h3-8H,14H2,1-2H3. The van der Waals surface area contributed by atoms with Crippen molar-refractivity contribution in [3.8, 4) is 17.0 Å². The first kappa shape index (κ1) is 12.9. The number of aromatic nitrogens is 2. The van der Waals surface area contributed by atoms with Gasteiger partial charge in [0.2, 0.25) is 0 Å². The summed E-state index contributed by atoms with van der Waals surface area (Å²) in [5, 5.41) is 2.89. The Hall–Kier alpha value is -2.50. The second kappa shape index (κ2) is 5.43. The summed E-state index contributed by atoms with van der Waals surface area (Å²) in [4.78, 5) is 18.8. The van der Waals surface area contributed by atoms with E-state index < -0.39 is 0 Å². The molecule has 1 heterocycles. The van der Waals surface area contributed by atoms with Crippen LogP contribution in [0.4, 0.5) is 11.4 Å². The predicted octanol–water partition coefficient (Wildman–Crippen LogP) is 2.91. The molecule has 2 rings (SSSR count). The number of anilines is 1. The van der Waals surface area contributed by atoms with Gasteiger partial charge in [-0.1, -0.05) is 6.07 Å². The van der Waals surface area contributed by atoms with Gasteiger partial charge in [0.1, 0.15) is 17.7 Å². The van der Waals surface area contributed by atoms with E-state index in [2.05, 4.69) is 15.1 Å². The van der Waals surface area contributed by atoms with Crippen LogP contribution in [0.25, 0.3) is 11.3 Å². The van der Waals surface area contributed by atoms with Crippen LogP contribution in [0.3, 0.4) is 0 Å². The summed E-state index contributed by atoms with van der Waals surface area (Å²) in [5.74, 6) is 0.555. The topological polar surface area (TPSA) is 90.5 Å². The Labute approximate surface area is 110 Å². The second-order valence-electron chi connectivity index (χ2n) is 4.27. The summed E-state index contributed by atoms with van der Waals surface area (Å²) in [5.41, 5.74) is 7.47. The highest BCUT2D eigenvalue weighted by Crippen LogP contribution is 2.32. The molecule has 0 aliphatic carbocycles. The molecule has 98 valence electrons. The number of ether oxygens (including phenoxy) is 1. The predicted molar refractivity (Wildman–Crippen MR) is 73.1 cm³/mol. The van der Waals surface area contributed by atoms with Crippen LogP contribution in [0.2, 0.25) is 0 Å². The van der Waals surface area contributed by atoms with Crippen LogP contribution >= 0.6 is 0 Å². The van der Waals surface area contributed by atoms with Crippen LogP contribution in [-0.2, 0) is 0 Å². The van der Waals surface area contributed by atoms with E-state index in [-0.39, 0.29) is 11.8 Å². The summed E-state index contributed by atoms with van der Waals surface area (Å²) >= 11 is 0. The fourth-order valence-corrected chi connectivity index (χ4v) is 1.64. The zero-order valence-electron chi connectivity index (χ0n) is 10.7. The largest absolute Gasteiger partial charge is 0.487 e. The molecular formula is C13H14N4O2. The number of nitrogens with zero attached hydrogens (tertiary/aromatic N) is 3. The minimum absolute atomic E-state index is 0.00204. The van der Waals surface area contributed by atoms with Crippen LogP contribution in [0.5, 0.6) is 5.75 Å². The van der Waals surface area contributed by atoms with Gasteiger partial charge in [-0.25, -0.2) is 9.97 Å². The van der Waals surface area contributed by atoms with Gasteiger partial charge in [0.15, 0.2) is 5.75 Å². The van der Waals surface area contributed by atoms with Gasteiger partial charge in [0.25, 0.3) is 0 Å². The number of hydrogen-bond donors (Lipinski definition) is 1. The number of hydrogen-bond acceptors (Lipinski definition) is 6. The number of rotatable bonds is 4. The molecule has 0 radical (unpaired) electrons. The molecule has 0 aliphatic heterocycles. The molecule has 0 amide bonds. The summed E-state index contributed by atoms with van der Waals surface area (Å²) in [6.45, 7) is 3.83. The Balaban J connectivity index is 2.49. The van der Waals surface area contributed by atoms with E-state index in [0.29, 0.717) is 22.7 Å². The van der Waals surface area contributed by atoms with Gasteiger partial charge in [0.05, 0.1) is 18.0 Å². The SMILES string of the molecule is CC(C)Oc1cncnc1-c1ccc(N)c(N=O)c1. The van der Waals surface area contributed by atoms with Gasteiger partial charge >= 0.3 is 0 Å². The lowest BCUT2D eigenvalue weighted by Crippen LogP contribution is -2.07. The smallest absolute Gasteiger partial charge is 0.164 e.